The maximum absolute atomic E-state index is 11.9. The highest BCUT2D eigenvalue weighted by atomic mass is 16.1. The van der Waals surface area contributed by atoms with Crippen LogP contribution in [-0.2, 0) is 4.79 Å². The second-order valence-corrected chi connectivity index (χ2v) is 5.16. The molecule has 21 heavy (non-hydrogen) atoms. The number of hydrogen-bond acceptors (Lipinski definition) is 3. The maximum Gasteiger partial charge on any atom is 0.224 e. The summed E-state index contributed by atoms with van der Waals surface area (Å²) in [5.41, 5.74) is 8.37. The van der Waals surface area contributed by atoms with Crippen molar-refractivity contribution in [3.63, 3.8) is 0 Å². The number of anilines is 2. The van der Waals surface area contributed by atoms with Crippen LogP contribution < -0.4 is 11.1 Å². The number of nitrogens with zero attached hydrogens (tertiary/aromatic N) is 1. The summed E-state index contributed by atoms with van der Waals surface area (Å²) in [7, 11) is 0. The zero-order valence-corrected chi connectivity index (χ0v) is 11.9. The number of carbonyl (C=O) groups is 1. The minimum atomic E-state index is 0.0423. The van der Waals surface area contributed by atoms with E-state index in [1.807, 2.05) is 24.3 Å². The van der Waals surface area contributed by atoms with Gasteiger partial charge < -0.3 is 16.0 Å². The predicted octanol–water partition coefficient (Wildman–Crippen LogP) is 3.43. The molecule has 0 unspecified atom stereocenters. The Balaban J connectivity index is 2.04. The van der Waals surface area contributed by atoms with E-state index in [2.05, 4.69) is 22.2 Å². The summed E-state index contributed by atoms with van der Waals surface area (Å²) in [5.74, 6) is 0.529. The van der Waals surface area contributed by atoms with Gasteiger partial charge in [-0.2, -0.15) is 0 Å². The largest absolute Gasteiger partial charge is 0.384 e. The molecule has 0 aliphatic rings. The predicted molar refractivity (Wildman–Crippen MR) is 86.2 cm³/mol. The summed E-state index contributed by atoms with van der Waals surface area (Å²) < 4.78 is 0. The average Bonchev–Trinajstić information content (AvgIpc) is 2.84. The number of unbranched alkanes of at least 4 members (excludes halogenated alkanes) is 1. The third-order valence-electron chi connectivity index (χ3n) is 3.57. The van der Waals surface area contributed by atoms with E-state index in [1.54, 1.807) is 6.20 Å². The van der Waals surface area contributed by atoms with E-state index < -0.39 is 0 Å². The average molecular weight is 282 g/mol. The Morgan fingerprint density at radius 1 is 1.38 bits per heavy atom. The van der Waals surface area contributed by atoms with Gasteiger partial charge in [0, 0.05) is 17.2 Å². The molecule has 0 radical (unpaired) electrons. The lowest BCUT2D eigenvalue weighted by molar-refractivity contribution is -0.116. The first kappa shape index (κ1) is 13.4. The molecule has 5 nitrogen and oxygen atoms in total. The Kier molecular flexibility index (Phi) is 3.48. The summed E-state index contributed by atoms with van der Waals surface area (Å²) >= 11 is 0. The van der Waals surface area contributed by atoms with Crippen molar-refractivity contribution in [3.05, 3.63) is 30.5 Å². The van der Waals surface area contributed by atoms with Crippen molar-refractivity contribution in [2.75, 3.05) is 11.1 Å². The fourth-order valence-corrected chi connectivity index (χ4v) is 2.49. The zero-order chi connectivity index (χ0) is 14.8. The number of aromatic amines is 1. The van der Waals surface area contributed by atoms with Crippen LogP contribution in [0.5, 0.6) is 0 Å². The van der Waals surface area contributed by atoms with E-state index in [-0.39, 0.29) is 5.91 Å². The molecular weight excluding hydrogens is 264 g/mol. The molecule has 3 rings (SSSR count). The van der Waals surface area contributed by atoms with Gasteiger partial charge in [-0.1, -0.05) is 25.5 Å². The van der Waals surface area contributed by atoms with Crippen molar-refractivity contribution in [1.29, 1.82) is 0 Å². The Morgan fingerprint density at radius 2 is 2.24 bits per heavy atom. The second-order valence-electron chi connectivity index (χ2n) is 5.16. The fraction of sp³-hybridized carbons (Fsp3) is 0.250. The van der Waals surface area contributed by atoms with Crippen LogP contribution in [0.2, 0.25) is 0 Å². The number of benzene rings is 1. The van der Waals surface area contributed by atoms with E-state index >= 15 is 0 Å². The third kappa shape index (κ3) is 2.54. The van der Waals surface area contributed by atoms with Crippen LogP contribution >= 0.6 is 0 Å². The molecule has 0 aliphatic carbocycles. The minimum Gasteiger partial charge on any atom is -0.384 e. The smallest absolute Gasteiger partial charge is 0.224 e. The maximum atomic E-state index is 11.9. The zero-order valence-electron chi connectivity index (χ0n) is 11.9. The monoisotopic (exact) mass is 282 g/mol. The number of carbonyl (C=O) groups excluding carboxylic acids is 1. The highest BCUT2D eigenvalue weighted by Gasteiger charge is 2.10. The second kappa shape index (κ2) is 5.44. The summed E-state index contributed by atoms with van der Waals surface area (Å²) in [4.78, 5) is 19.3. The van der Waals surface area contributed by atoms with E-state index in [9.17, 15) is 4.79 Å². The minimum absolute atomic E-state index is 0.0423. The van der Waals surface area contributed by atoms with Crippen molar-refractivity contribution >= 4 is 39.2 Å². The number of hydrogen-bond donors (Lipinski definition) is 3. The number of nitrogen functional groups attached to an aromatic ring is 1. The Hall–Kier alpha value is -2.56. The van der Waals surface area contributed by atoms with Crippen LogP contribution in [-0.4, -0.2) is 15.9 Å². The molecule has 4 N–H and O–H groups in total. The lowest BCUT2D eigenvalue weighted by atomic mass is 10.1. The molecule has 108 valence electrons. The number of aromatic nitrogens is 2. The van der Waals surface area contributed by atoms with Crippen LogP contribution in [0.1, 0.15) is 26.2 Å². The number of amides is 1. The van der Waals surface area contributed by atoms with Gasteiger partial charge in [-0.05, 0) is 18.6 Å². The first-order valence-corrected chi connectivity index (χ1v) is 7.15. The van der Waals surface area contributed by atoms with Gasteiger partial charge in [-0.25, -0.2) is 4.98 Å². The van der Waals surface area contributed by atoms with Gasteiger partial charge in [0.25, 0.3) is 0 Å². The van der Waals surface area contributed by atoms with Crippen molar-refractivity contribution in [3.8, 4) is 0 Å². The normalized spacial score (nSPS) is 11.1. The van der Waals surface area contributed by atoms with Gasteiger partial charge in [-0.3, -0.25) is 4.79 Å². The Bertz CT molecular complexity index is 806. The molecule has 2 heterocycles. The van der Waals surface area contributed by atoms with Gasteiger partial charge in [-0.15, -0.1) is 0 Å². The molecule has 1 aromatic carbocycles. The number of H-pyrrole nitrogens is 1. The van der Waals surface area contributed by atoms with Gasteiger partial charge in [0.15, 0.2) is 0 Å². The SMILES string of the molecule is CCCCC(=O)Nc1cccc2c1[nH]c1cnc(N)cc12. The van der Waals surface area contributed by atoms with Gasteiger partial charge in [0.2, 0.25) is 5.91 Å². The van der Waals surface area contributed by atoms with Crippen molar-refractivity contribution in [2.24, 2.45) is 0 Å². The van der Waals surface area contributed by atoms with E-state index in [0.29, 0.717) is 12.2 Å². The molecule has 0 fully saturated rings. The molecule has 0 bridgehead atoms. The molecule has 3 aromatic rings. The first-order chi connectivity index (χ1) is 10.2. The lowest BCUT2D eigenvalue weighted by Crippen LogP contribution is -2.11. The number of nitrogens with two attached hydrogens (primary N) is 1. The van der Waals surface area contributed by atoms with Gasteiger partial charge >= 0.3 is 0 Å². The quantitative estimate of drug-likeness (QED) is 0.685. The molecule has 2 aromatic heterocycles. The van der Waals surface area contributed by atoms with Crippen molar-refractivity contribution < 1.29 is 4.79 Å². The number of nitrogens with one attached hydrogen (secondary N) is 2. The van der Waals surface area contributed by atoms with Crippen LogP contribution in [0.4, 0.5) is 11.5 Å². The summed E-state index contributed by atoms with van der Waals surface area (Å²) in [6, 6.07) is 7.69. The molecular formula is C16H18N4O. The Labute approximate surface area is 122 Å². The van der Waals surface area contributed by atoms with Crippen LogP contribution in [0.15, 0.2) is 30.5 Å². The highest BCUT2D eigenvalue weighted by molar-refractivity contribution is 6.13. The topological polar surface area (TPSA) is 83.8 Å². The first-order valence-electron chi connectivity index (χ1n) is 7.15. The highest BCUT2D eigenvalue weighted by Crippen LogP contribution is 2.30. The Morgan fingerprint density at radius 3 is 3.05 bits per heavy atom. The van der Waals surface area contributed by atoms with Crippen LogP contribution in [0.25, 0.3) is 21.8 Å². The summed E-state index contributed by atoms with van der Waals surface area (Å²) in [6.45, 7) is 2.07. The van der Waals surface area contributed by atoms with Crippen LogP contribution in [0, 0.1) is 0 Å². The molecule has 5 heteroatoms. The molecule has 0 spiro atoms. The summed E-state index contributed by atoms with van der Waals surface area (Å²) in [6.07, 6.45) is 4.17. The molecule has 1 amide bonds. The van der Waals surface area contributed by atoms with Gasteiger partial charge in [0.1, 0.15) is 5.82 Å². The molecule has 0 aliphatic heterocycles. The number of pyridine rings is 1. The number of fused-ring (bicyclic) bond motifs is 3. The third-order valence-corrected chi connectivity index (χ3v) is 3.57. The summed E-state index contributed by atoms with van der Waals surface area (Å²) in [5, 5.41) is 5.02. The number of rotatable bonds is 4. The number of para-hydroxylation sites is 1. The van der Waals surface area contributed by atoms with E-state index in [4.69, 9.17) is 5.73 Å². The molecule has 0 saturated heterocycles. The molecule has 0 saturated carbocycles. The fourth-order valence-electron chi connectivity index (χ4n) is 2.49. The van der Waals surface area contributed by atoms with Crippen molar-refractivity contribution in [1.82, 2.24) is 9.97 Å². The van der Waals surface area contributed by atoms with Gasteiger partial charge in [0.05, 0.1) is 22.9 Å². The van der Waals surface area contributed by atoms with Crippen LogP contribution in [0.3, 0.4) is 0 Å². The molecule has 0 atom stereocenters. The van der Waals surface area contributed by atoms with E-state index in [1.165, 1.54) is 0 Å². The lowest BCUT2D eigenvalue weighted by Gasteiger charge is -2.06. The van der Waals surface area contributed by atoms with Crippen molar-refractivity contribution in [2.45, 2.75) is 26.2 Å². The standard InChI is InChI=1S/C16H18N4O/c1-2-3-7-15(21)19-12-6-4-5-10-11-8-14(17)18-9-13(11)20-16(10)12/h4-6,8-9,20H,2-3,7H2,1H3,(H2,17,18)(H,19,21). The van der Waals surface area contributed by atoms with E-state index in [0.717, 1.165) is 40.3 Å².